The number of aryl methyl sites for hydroxylation is 2. The number of hydrogen-bond acceptors (Lipinski definition) is 4. The Morgan fingerprint density at radius 3 is 2.50 bits per heavy atom. The molecule has 0 spiro atoms. The summed E-state index contributed by atoms with van der Waals surface area (Å²) in [4.78, 5) is 17.6. The van der Waals surface area contributed by atoms with Crippen molar-refractivity contribution in [2.45, 2.75) is 66.7 Å². The van der Waals surface area contributed by atoms with E-state index in [4.69, 9.17) is 0 Å². The van der Waals surface area contributed by atoms with E-state index >= 15 is 0 Å². The van der Waals surface area contributed by atoms with Crippen molar-refractivity contribution in [3.8, 4) is 5.13 Å². The van der Waals surface area contributed by atoms with Crippen LogP contribution in [0.25, 0.3) is 5.13 Å². The van der Waals surface area contributed by atoms with Crippen LogP contribution < -0.4 is 5.32 Å². The molecule has 2 rings (SSSR count). The first-order valence-corrected chi connectivity index (χ1v) is 9.62. The number of carbonyl (C=O) groups excluding carboxylic acids is 1. The van der Waals surface area contributed by atoms with E-state index in [-0.39, 0.29) is 5.91 Å². The van der Waals surface area contributed by atoms with Gasteiger partial charge in [0.25, 0.3) is 5.91 Å². The van der Waals surface area contributed by atoms with Gasteiger partial charge in [0.05, 0.1) is 11.4 Å². The monoisotopic (exact) mass is 348 g/mol. The molecule has 2 aromatic heterocycles. The van der Waals surface area contributed by atoms with Gasteiger partial charge in [0.15, 0.2) is 0 Å². The third-order valence-electron chi connectivity index (χ3n) is 4.21. The summed E-state index contributed by atoms with van der Waals surface area (Å²) in [5.41, 5.74) is 4.26. The summed E-state index contributed by atoms with van der Waals surface area (Å²) in [6.07, 6.45) is 5.44. The van der Waals surface area contributed by atoms with Gasteiger partial charge >= 0.3 is 0 Å². The zero-order valence-corrected chi connectivity index (χ0v) is 16.2. The van der Waals surface area contributed by atoms with Gasteiger partial charge in [0, 0.05) is 12.2 Å². The molecule has 1 amide bonds. The lowest BCUT2D eigenvalue weighted by molar-refractivity contribution is 0.0956. The number of amides is 1. The predicted molar refractivity (Wildman–Crippen MR) is 99.3 cm³/mol. The number of aromatic nitrogens is 3. The standard InChI is InChI=1S/C18H28N4OS/c1-6-8-10-15-12(3)21-22(14(15)5)18-20-13(4)16(24-18)17(23)19-11-9-7-2/h6-11H2,1-5H3,(H,19,23). The SMILES string of the molecule is CCCCNC(=O)c1sc(-n2nc(C)c(CCCC)c2C)nc1C. The Morgan fingerprint density at radius 1 is 1.12 bits per heavy atom. The van der Waals surface area contributed by atoms with Gasteiger partial charge in [-0.05, 0) is 45.6 Å². The summed E-state index contributed by atoms with van der Waals surface area (Å²) in [5.74, 6) is -0.0302. The van der Waals surface area contributed by atoms with E-state index in [1.807, 2.05) is 18.5 Å². The van der Waals surface area contributed by atoms with E-state index in [1.165, 1.54) is 23.3 Å². The van der Waals surface area contributed by atoms with E-state index in [9.17, 15) is 4.79 Å². The maximum absolute atomic E-state index is 12.3. The van der Waals surface area contributed by atoms with Crippen molar-refractivity contribution < 1.29 is 4.79 Å². The van der Waals surface area contributed by atoms with Crippen LogP contribution in [0.2, 0.25) is 0 Å². The largest absolute Gasteiger partial charge is 0.351 e. The molecule has 0 atom stereocenters. The second-order valence-corrected chi connectivity index (χ2v) is 7.16. The Hall–Kier alpha value is -1.69. The van der Waals surface area contributed by atoms with Crippen LogP contribution in [0.5, 0.6) is 0 Å². The van der Waals surface area contributed by atoms with Gasteiger partial charge in [-0.1, -0.05) is 38.0 Å². The van der Waals surface area contributed by atoms with Crippen molar-refractivity contribution in [2.75, 3.05) is 6.54 Å². The molecule has 2 heterocycles. The Labute approximate surface area is 148 Å². The fourth-order valence-corrected chi connectivity index (χ4v) is 3.71. The highest BCUT2D eigenvalue weighted by Crippen LogP contribution is 2.25. The van der Waals surface area contributed by atoms with Gasteiger partial charge < -0.3 is 5.32 Å². The van der Waals surface area contributed by atoms with Gasteiger partial charge in [-0.3, -0.25) is 4.79 Å². The minimum absolute atomic E-state index is 0.0302. The Kier molecular flexibility index (Phi) is 6.54. The number of nitrogens with one attached hydrogen (secondary N) is 1. The van der Waals surface area contributed by atoms with E-state index < -0.39 is 0 Å². The smallest absolute Gasteiger partial charge is 0.263 e. The molecule has 0 saturated carbocycles. The van der Waals surface area contributed by atoms with Crippen LogP contribution in [0.1, 0.15) is 71.8 Å². The summed E-state index contributed by atoms with van der Waals surface area (Å²) >= 11 is 1.42. The number of unbranched alkanes of at least 4 members (excludes halogenated alkanes) is 2. The van der Waals surface area contributed by atoms with Crippen LogP contribution in [0, 0.1) is 20.8 Å². The van der Waals surface area contributed by atoms with Crippen molar-refractivity contribution in [2.24, 2.45) is 0 Å². The number of nitrogens with zero attached hydrogens (tertiary/aromatic N) is 3. The molecule has 0 bridgehead atoms. The average molecular weight is 349 g/mol. The average Bonchev–Trinajstić information content (AvgIpc) is 3.06. The fraction of sp³-hybridized carbons (Fsp3) is 0.611. The lowest BCUT2D eigenvalue weighted by atomic mass is 10.1. The summed E-state index contributed by atoms with van der Waals surface area (Å²) < 4.78 is 1.89. The molecule has 0 aromatic carbocycles. The van der Waals surface area contributed by atoms with Gasteiger partial charge in [0.2, 0.25) is 5.13 Å². The van der Waals surface area contributed by atoms with Crippen LogP contribution in [-0.2, 0) is 6.42 Å². The lowest BCUT2D eigenvalue weighted by Gasteiger charge is -2.02. The highest BCUT2D eigenvalue weighted by Gasteiger charge is 2.19. The summed E-state index contributed by atoms with van der Waals surface area (Å²) in [7, 11) is 0. The van der Waals surface area contributed by atoms with Crippen molar-refractivity contribution in [1.29, 1.82) is 0 Å². The van der Waals surface area contributed by atoms with E-state index in [0.717, 1.165) is 47.9 Å². The quantitative estimate of drug-likeness (QED) is 0.730. The molecule has 0 aliphatic carbocycles. The second-order valence-electron chi connectivity index (χ2n) is 6.19. The highest BCUT2D eigenvalue weighted by molar-refractivity contribution is 7.16. The van der Waals surface area contributed by atoms with Crippen molar-refractivity contribution in [3.05, 3.63) is 27.5 Å². The van der Waals surface area contributed by atoms with Crippen LogP contribution in [0.15, 0.2) is 0 Å². The van der Waals surface area contributed by atoms with E-state index in [2.05, 4.69) is 36.2 Å². The summed E-state index contributed by atoms with van der Waals surface area (Å²) in [5, 5.41) is 8.40. The van der Waals surface area contributed by atoms with Crippen LogP contribution in [-0.4, -0.2) is 27.2 Å². The minimum atomic E-state index is -0.0302. The first-order valence-electron chi connectivity index (χ1n) is 8.80. The maximum atomic E-state index is 12.3. The third kappa shape index (κ3) is 4.04. The highest BCUT2D eigenvalue weighted by atomic mass is 32.1. The fourth-order valence-electron chi connectivity index (χ4n) is 2.72. The summed E-state index contributed by atoms with van der Waals surface area (Å²) in [6, 6.07) is 0. The minimum Gasteiger partial charge on any atom is -0.351 e. The van der Waals surface area contributed by atoms with Crippen molar-refractivity contribution >= 4 is 17.2 Å². The Morgan fingerprint density at radius 2 is 1.83 bits per heavy atom. The van der Waals surface area contributed by atoms with Crippen LogP contribution >= 0.6 is 11.3 Å². The zero-order valence-electron chi connectivity index (χ0n) is 15.4. The number of thiazole rings is 1. The van der Waals surface area contributed by atoms with Crippen molar-refractivity contribution in [1.82, 2.24) is 20.1 Å². The van der Waals surface area contributed by atoms with E-state index in [0.29, 0.717) is 11.4 Å². The number of hydrogen-bond donors (Lipinski definition) is 1. The molecule has 5 nitrogen and oxygen atoms in total. The first-order chi connectivity index (χ1) is 11.5. The molecule has 0 saturated heterocycles. The topological polar surface area (TPSA) is 59.8 Å². The molecule has 0 unspecified atom stereocenters. The van der Waals surface area contributed by atoms with Gasteiger partial charge in [-0.15, -0.1) is 0 Å². The molecule has 0 radical (unpaired) electrons. The molecule has 2 aromatic rings. The van der Waals surface area contributed by atoms with Gasteiger partial charge in [0.1, 0.15) is 4.88 Å². The van der Waals surface area contributed by atoms with Crippen LogP contribution in [0.3, 0.4) is 0 Å². The van der Waals surface area contributed by atoms with Gasteiger partial charge in [-0.25, -0.2) is 9.67 Å². The molecular weight excluding hydrogens is 320 g/mol. The molecule has 0 aliphatic heterocycles. The van der Waals surface area contributed by atoms with E-state index in [1.54, 1.807) is 0 Å². The maximum Gasteiger partial charge on any atom is 0.263 e. The predicted octanol–water partition coefficient (Wildman–Crippen LogP) is 4.13. The number of rotatable bonds is 8. The van der Waals surface area contributed by atoms with Crippen LogP contribution in [0.4, 0.5) is 0 Å². The molecule has 0 fully saturated rings. The molecule has 1 N–H and O–H groups in total. The molecular formula is C18H28N4OS. The number of carbonyl (C=O) groups is 1. The molecule has 132 valence electrons. The molecule has 24 heavy (non-hydrogen) atoms. The van der Waals surface area contributed by atoms with Gasteiger partial charge in [-0.2, -0.15) is 5.10 Å². The zero-order chi connectivity index (χ0) is 17.7. The van der Waals surface area contributed by atoms with Crippen molar-refractivity contribution in [3.63, 3.8) is 0 Å². The summed E-state index contributed by atoms with van der Waals surface area (Å²) in [6.45, 7) is 11.0. The Balaban J connectivity index is 2.25. The third-order valence-corrected chi connectivity index (χ3v) is 5.34. The molecule has 6 heteroatoms. The first kappa shape index (κ1) is 18.6. The lowest BCUT2D eigenvalue weighted by Crippen LogP contribution is -2.24. The Bertz CT molecular complexity index is 702. The second kappa shape index (κ2) is 8.42. The molecule has 0 aliphatic rings. The normalized spacial score (nSPS) is 11.0.